The van der Waals surface area contributed by atoms with Crippen LogP contribution < -0.4 is 19.5 Å². The molecule has 0 saturated carbocycles. The molecule has 0 aliphatic rings. The van der Waals surface area contributed by atoms with Crippen LogP contribution >= 0.6 is 27.3 Å². The number of ether oxygens (including phenoxy) is 3. The molecule has 1 N–H and O–H groups in total. The Hall–Kier alpha value is -1.80. The van der Waals surface area contributed by atoms with Crippen molar-refractivity contribution >= 4 is 38.3 Å². The van der Waals surface area contributed by atoms with Crippen molar-refractivity contribution in [1.29, 1.82) is 0 Å². The molecule has 1 amide bonds. The number of hydrogen-bond acceptors (Lipinski definition) is 6. The highest BCUT2D eigenvalue weighted by atomic mass is 79.9. The SMILES string of the molecule is COc1cc(OC)c(C(=O)Nc2ncc(Br)s2)cc1OC. The minimum absolute atomic E-state index is 0.335. The van der Waals surface area contributed by atoms with E-state index in [1.54, 1.807) is 18.3 Å². The molecule has 6 nitrogen and oxygen atoms in total. The average Bonchev–Trinajstić information content (AvgIpc) is 2.90. The third-order valence-electron chi connectivity index (χ3n) is 2.65. The van der Waals surface area contributed by atoms with E-state index >= 15 is 0 Å². The Kier molecular flexibility index (Phi) is 5.03. The first-order valence-electron chi connectivity index (χ1n) is 5.81. The van der Waals surface area contributed by atoms with Gasteiger partial charge in [-0.1, -0.05) is 11.3 Å². The molecule has 1 aromatic carbocycles. The van der Waals surface area contributed by atoms with Gasteiger partial charge in [-0.3, -0.25) is 10.1 Å². The number of rotatable bonds is 5. The highest BCUT2D eigenvalue weighted by Gasteiger charge is 2.18. The Bertz CT molecular complexity index is 660. The average molecular weight is 373 g/mol. The van der Waals surface area contributed by atoms with Crippen LogP contribution in [0.2, 0.25) is 0 Å². The van der Waals surface area contributed by atoms with Crippen LogP contribution in [0.25, 0.3) is 0 Å². The molecule has 0 fully saturated rings. The zero-order valence-corrected chi connectivity index (χ0v) is 14.0. The number of anilines is 1. The molecule has 21 heavy (non-hydrogen) atoms. The summed E-state index contributed by atoms with van der Waals surface area (Å²) in [5.74, 6) is 0.988. The molecule has 2 aromatic rings. The molecule has 0 aliphatic carbocycles. The Labute approximate surface area is 134 Å². The minimum atomic E-state index is -0.338. The Morgan fingerprint density at radius 3 is 2.29 bits per heavy atom. The molecule has 0 bridgehead atoms. The van der Waals surface area contributed by atoms with Crippen LogP contribution in [0.3, 0.4) is 0 Å². The van der Waals surface area contributed by atoms with E-state index in [9.17, 15) is 4.79 Å². The van der Waals surface area contributed by atoms with Gasteiger partial charge in [-0.15, -0.1) is 0 Å². The lowest BCUT2D eigenvalue weighted by Crippen LogP contribution is -2.13. The van der Waals surface area contributed by atoms with E-state index in [1.165, 1.54) is 32.7 Å². The minimum Gasteiger partial charge on any atom is -0.496 e. The number of methoxy groups -OCH3 is 3. The summed E-state index contributed by atoms with van der Waals surface area (Å²) in [6.07, 6.45) is 1.62. The summed E-state index contributed by atoms with van der Waals surface area (Å²) in [5.41, 5.74) is 0.335. The molecule has 0 aliphatic heterocycles. The molecule has 1 heterocycles. The molecule has 0 spiro atoms. The maximum atomic E-state index is 12.3. The summed E-state index contributed by atoms with van der Waals surface area (Å²) in [5, 5.41) is 3.19. The van der Waals surface area contributed by atoms with Gasteiger partial charge in [0.25, 0.3) is 5.91 Å². The zero-order valence-electron chi connectivity index (χ0n) is 11.6. The first-order chi connectivity index (χ1) is 10.1. The van der Waals surface area contributed by atoms with E-state index in [1.807, 2.05) is 0 Å². The Morgan fingerprint density at radius 2 is 1.76 bits per heavy atom. The normalized spacial score (nSPS) is 10.1. The second kappa shape index (κ2) is 6.77. The van der Waals surface area contributed by atoms with Crippen molar-refractivity contribution in [3.63, 3.8) is 0 Å². The zero-order chi connectivity index (χ0) is 15.4. The lowest BCUT2D eigenvalue weighted by Gasteiger charge is -2.13. The molecule has 8 heteroatoms. The number of aromatic nitrogens is 1. The molecule has 112 valence electrons. The van der Waals surface area contributed by atoms with Crippen molar-refractivity contribution in [3.05, 3.63) is 27.7 Å². The van der Waals surface area contributed by atoms with Gasteiger partial charge >= 0.3 is 0 Å². The van der Waals surface area contributed by atoms with Gasteiger partial charge < -0.3 is 14.2 Å². The van der Waals surface area contributed by atoms with Crippen molar-refractivity contribution in [2.45, 2.75) is 0 Å². The summed E-state index contributed by atoms with van der Waals surface area (Å²) in [7, 11) is 4.51. The third-order valence-corrected chi connectivity index (χ3v) is 4.04. The van der Waals surface area contributed by atoms with Crippen LogP contribution in [0, 0.1) is 0 Å². The van der Waals surface area contributed by atoms with Gasteiger partial charge in [-0.2, -0.15) is 0 Å². The maximum absolute atomic E-state index is 12.3. The summed E-state index contributed by atoms with van der Waals surface area (Å²) < 4.78 is 16.4. The van der Waals surface area contributed by atoms with Crippen molar-refractivity contribution in [3.8, 4) is 17.2 Å². The van der Waals surface area contributed by atoms with Gasteiger partial charge in [0, 0.05) is 12.1 Å². The van der Waals surface area contributed by atoms with Crippen LogP contribution in [0.5, 0.6) is 17.2 Å². The second-order valence-corrected chi connectivity index (χ2v) is 6.24. The van der Waals surface area contributed by atoms with Crippen LogP contribution in [-0.4, -0.2) is 32.2 Å². The monoisotopic (exact) mass is 372 g/mol. The first-order valence-corrected chi connectivity index (χ1v) is 7.42. The number of benzene rings is 1. The third kappa shape index (κ3) is 3.45. The molecule has 2 rings (SSSR count). The van der Waals surface area contributed by atoms with E-state index in [-0.39, 0.29) is 5.91 Å². The Balaban J connectivity index is 2.34. The Morgan fingerprint density at radius 1 is 1.14 bits per heavy atom. The standard InChI is InChI=1S/C13H13BrN2O4S/c1-18-8-5-10(20-3)9(19-2)4-7(8)12(17)16-13-15-6-11(14)21-13/h4-6H,1-3H3,(H,15,16,17). The van der Waals surface area contributed by atoms with Crippen LogP contribution in [0.15, 0.2) is 22.1 Å². The highest BCUT2D eigenvalue weighted by Crippen LogP contribution is 2.35. The van der Waals surface area contributed by atoms with Gasteiger partial charge in [0.2, 0.25) is 0 Å². The summed E-state index contributed by atoms with van der Waals surface area (Å²) in [6, 6.07) is 3.17. The summed E-state index contributed by atoms with van der Waals surface area (Å²) >= 11 is 4.61. The van der Waals surface area contributed by atoms with Gasteiger partial charge in [0.1, 0.15) is 5.75 Å². The number of carbonyl (C=O) groups is 1. The van der Waals surface area contributed by atoms with Crippen LogP contribution in [-0.2, 0) is 0 Å². The van der Waals surface area contributed by atoms with E-state index in [0.717, 1.165) is 3.79 Å². The quantitative estimate of drug-likeness (QED) is 0.872. The summed E-state index contributed by atoms with van der Waals surface area (Å²) in [6.45, 7) is 0. The smallest absolute Gasteiger partial charge is 0.261 e. The predicted molar refractivity (Wildman–Crippen MR) is 83.9 cm³/mol. The fraction of sp³-hybridized carbons (Fsp3) is 0.231. The fourth-order valence-corrected chi connectivity index (χ4v) is 2.78. The molecule has 0 radical (unpaired) electrons. The lowest BCUT2D eigenvalue weighted by molar-refractivity contribution is 0.102. The second-order valence-electron chi connectivity index (χ2n) is 3.83. The number of nitrogens with one attached hydrogen (secondary N) is 1. The van der Waals surface area contributed by atoms with Crippen molar-refractivity contribution in [2.75, 3.05) is 26.6 Å². The number of halogens is 1. The number of hydrogen-bond donors (Lipinski definition) is 1. The highest BCUT2D eigenvalue weighted by molar-refractivity contribution is 9.11. The van der Waals surface area contributed by atoms with E-state index < -0.39 is 0 Å². The van der Waals surface area contributed by atoms with Gasteiger partial charge in [-0.05, 0) is 15.9 Å². The topological polar surface area (TPSA) is 69.7 Å². The lowest BCUT2D eigenvalue weighted by atomic mass is 10.1. The van der Waals surface area contributed by atoms with E-state index in [2.05, 4.69) is 26.2 Å². The number of carbonyl (C=O) groups excluding carboxylic acids is 1. The molecular weight excluding hydrogens is 360 g/mol. The van der Waals surface area contributed by atoms with Crippen molar-refractivity contribution in [1.82, 2.24) is 4.98 Å². The van der Waals surface area contributed by atoms with Gasteiger partial charge in [0.05, 0.1) is 36.9 Å². The number of nitrogens with zero attached hydrogens (tertiary/aromatic N) is 1. The van der Waals surface area contributed by atoms with Crippen LogP contribution in [0.4, 0.5) is 5.13 Å². The van der Waals surface area contributed by atoms with Gasteiger partial charge in [-0.25, -0.2) is 4.98 Å². The largest absolute Gasteiger partial charge is 0.496 e. The molecule has 0 unspecified atom stereocenters. The summed E-state index contributed by atoms with van der Waals surface area (Å²) in [4.78, 5) is 16.4. The molecular formula is C13H13BrN2O4S. The van der Waals surface area contributed by atoms with E-state index in [0.29, 0.717) is 27.9 Å². The van der Waals surface area contributed by atoms with Gasteiger partial charge in [0.15, 0.2) is 16.6 Å². The number of amides is 1. The first kappa shape index (κ1) is 15.6. The number of thiazole rings is 1. The predicted octanol–water partition coefficient (Wildman–Crippen LogP) is 3.18. The van der Waals surface area contributed by atoms with Crippen molar-refractivity contribution < 1.29 is 19.0 Å². The van der Waals surface area contributed by atoms with Crippen molar-refractivity contribution in [2.24, 2.45) is 0 Å². The molecule has 0 atom stereocenters. The van der Waals surface area contributed by atoms with Crippen LogP contribution in [0.1, 0.15) is 10.4 Å². The van der Waals surface area contributed by atoms with E-state index in [4.69, 9.17) is 14.2 Å². The molecule has 0 saturated heterocycles. The molecule has 1 aromatic heterocycles. The fourth-order valence-electron chi connectivity index (χ4n) is 1.68. The maximum Gasteiger partial charge on any atom is 0.261 e.